The molecule has 0 spiro atoms. The Hall–Kier alpha value is -1.52. The van der Waals surface area contributed by atoms with Crippen LogP contribution in [0.15, 0.2) is 11.8 Å². The van der Waals surface area contributed by atoms with Gasteiger partial charge in [-0.3, -0.25) is 4.79 Å². The minimum Gasteiger partial charge on any atom is -0.466 e. The third kappa shape index (κ3) is 4.76. The third-order valence-corrected chi connectivity index (χ3v) is 4.22. The molecule has 2 fully saturated rings. The highest BCUT2D eigenvalue weighted by molar-refractivity contribution is 5.78. The van der Waals surface area contributed by atoms with Gasteiger partial charge in [0.25, 0.3) is 0 Å². The van der Waals surface area contributed by atoms with Crippen LogP contribution in [0.25, 0.3) is 0 Å². The van der Waals surface area contributed by atoms with Crippen LogP contribution < -0.4 is 5.32 Å². The Bertz CT molecular complexity index is 398. The molecular formula is C16H26N2O3. The van der Waals surface area contributed by atoms with E-state index in [-0.39, 0.29) is 17.9 Å². The second-order valence-corrected chi connectivity index (χ2v) is 5.85. The number of carbonyl (C=O) groups excluding carboxylic acids is 2. The van der Waals surface area contributed by atoms with E-state index in [1.807, 2.05) is 13.1 Å². The van der Waals surface area contributed by atoms with Gasteiger partial charge in [-0.05, 0) is 45.4 Å². The third-order valence-electron chi connectivity index (χ3n) is 4.22. The largest absolute Gasteiger partial charge is 0.466 e. The van der Waals surface area contributed by atoms with Crippen molar-refractivity contribution < 1.29 is 14.3 Å². The number of hydrogen-bond donors (Lipinski definition) is 1. The Morgan fingerprint density at radius 3 is 2.76 bits per heavy atom. The number of nitrogens with zero attached hydrogens (tertiary/aromatic N) is 1. The van der Waals surface area contributed by atoms with E-state index >= 15 is 0 Å². The Balaban J connectivity index is 1.82. The number of allylic oxidation sites excluding steroid dienone is 1. The van der Waals surface area contributed by atoms with Crippen LogP contribution >= 0.6 is 0 Å². The fraction of sp³-hybridized carbons (Fsp3) is 0.750. The molecule has 2 rings (SSSR count). The molecule has 0 radical (unpaired) electrons. The van der Waals surface area contributed by atoms with Crippen LogP contribution in [0.3, 0.4) is 0 Å². The summed E-state index contributed by atoms with van der Waals surface area (Å²) in [5.41, 5.74) is 1.33. The molecule has 2 amide bonds. The Kier molecular flexibility index (Phi) is 6.08. The van der Waals surface area contributed by atoms with Crippen LogP contribution in [0.1, 0.15) is 51.9 Å². The van der Waals surface area contributed by atoms with Gasteiger partial charge in [-0.2, -0.15) is 0 Å². The van der Waals surface area contributed by atoms with Crippen LogP contribution in [0.4, 0.5) is 4.79 Å². The van der Waals surface area contributed by atoms with Gasteiger partial charge >= 0.3 is 12.0 Å². The van der Waals surface area contributed by atoms with E-state index in [1.54, 1.807) is 4.90 Å². The summed E-state index contributed by atoms with van der Waals surface area (Å²) in [4.78, 5) is 25.7. The molecule has 1 N–H and O–H groups in total. The van der Waals surface area contributed by atoms with Gasteiger partial charge in [0.05, 0.1) is 12.5 Å². The van der Waals surface area contributed by atoms with Gasteiger partial charge in [-0.1, -0.05) is 12.0 Å². The van der Waals surface area contributed by atoms with Gasteiger partial charge in [0, 0.05) is 19.3 Å². The zero-order valence-corrected chi connectivity index (χ0v) is 12.9. The molecule has 1 saturated carbocycles. The fourth-order valence-corrected chi connectivity index (χ4v) is 3.02. The molecule has 1 atom stereocenters. The molecule has 0 aromatic rings. The quantitative estimate of drug-likeness (QED) is 0.814. The molecule has 1 aliphatic heterocycles. The zero-order valence-electron chi connectivity index (χ0n) is 12.9. The smallest absolute Gasteiger partial charge is 0.321 e. The van der Waals surface area contributed by atoms with Crippen LogP contribution in [0, 0.1) is 5.92 Å². The molecule has 21 heavy (non-hydrogen) atoms. The van der Waals surface area contributed by atoms with Crippen molar-refractivity contribution in [1.29, 1.82) is 0 Å². The second-order valence-electron chi connectivity index (χ2n) is 5.85. The van der Waals surface area contributed by atoms with Gasteiger partial charge in [-0.15, -0.1) is 0 Å². The van der Waals surface area contributed by atoms with Crippen molar-refractivity contribution in [3.63, 3.8) is 0 Å². The summed E-state index contributed by atoms with van der Waals surface area (Å²) in [6, 6.07) is -0.0953. The van der Waals surface area contributed by atoms with E-state index in [0.717, 1.165) is 25.7 Å². The Morgan fingerprint density at radius 1 is 1.29 bits per heavy atom. The van der Waals surface area contributed by atoms with Crippen molar-refractivity contribution in [2.45, 2.75) is 51.9 Å². The summed E-state index contributed by atoms with van der Waals surface area (Å²) in [5, 5.41) is 2.89. The van der Waals surface area contributed by atoms with Crippen LogP contribution in [-0.4, -0.2) is 36.6 Å². The monoisotopic (exact) mass is 294 g/mol. The number of piperidine rings is 1. The van der Waals surface area contributed by atoms with E-state index in [4.69, 9.17) is 4.74 Å². The first-order valence-corrected chi connectivity index (χ1v) is 8.10. The van der Waals surface area contributed by atoms with Gasteiger partial charge < -0.3 is 15.0 Å². The van der Waals surface area contributed by atoms with Gasteiger partial charge in [0.1, 0.15) is 0 Å². The molecule has 0 bridgehead atoms. The number of ether oxygens (including phenoxy) is 1. The number of nitrogens with one attached hydrogen (secondary N) is 1. The lowest BCUT2D eigenvalue weighted by atomic mass is 9.96. The lowest BCUT2D eigenvalue weighted by molar-refractivity contribution is -0.149. The average molecular weight is 294 g/mol. The molecule has 5 nitrogen and oxygen atoms in total. The Morgan fingerprint density at radius 2 is 2.05 bits per heavy atom. The molecule has 2 aliphatic rings. The van der Waals surface area contributed by atoms with Crippen LogP contribution in [0.2, 0.25) is 0 Å². The van der Waals surface area contributed by atoms with Crippen molar-refractivity contribution in [3.8, 4) is 0 Å². The van der Waals surface area contributed by atoms with Crippen molar-refractivity contribution in [1.82, 2.24) is 10.2 Å². The molecule has 1 aliphatic carbocycles. The van der Waals surface area contributed by atoms with E-state index in [0.29, 0.717) is 19.7 Å². The number of hydrogen-bond acceptors (Lipinski definition) is 3. The number of esters is 1. The van der Waals surface area contributed by atoms with Crippen LogP contribution in [-0.2, 0) is 9.53 Å². The summed E-state index contributed by atoms with van der Waals surface area (Å²) in [7, 11) is 0. The minimum absolute atomic E-state index is 0.0953. The fourth-order valence-electron chi connectivity index (χ4n) is 3.02. The molecule has 0 aromatic carbocycles. The molecule has 1 unspecified atom stereocenters. The molecule has 0 aromatic heterocycles. The van der Waals surface area contributed by atoms with E-state index < -0.39 is 0 Å². The predicted octanol–water partition coefficient (Wildman–Crippen LogP) is 2.82. The average Bonchev–Trinajstić information content (AvgIpc) is 2.54. The number of carbonyl (C=O) groups is 2. The maximum absolute atomic E-state index is 12.2. The number of urea groups is 1. The molecule has 118 valence electrons. The molecular weight excluding hydrogens is 268 g/mol. The first-order valence-electron chi connectivity index (χ1n) is 8.10. The highest BCUT2D eigenvalue weighted by Crippen LogP contribution is 2.22. The first-order chi connectivity index (χ1) is 10.2. The van der Waals surface area contributed by atoms with E-state index in [1.165, 1.54) is 24.8 Å². The maximum Gasteiger partial charge on any atom is 0.321 e. The minimum atomic E-state index is -0.180. The zero-order chi connectivity index (χ0) is 15.1. The van der Waals surface area contributed by atoms with Crippen LogP contribution in [0.5, 0.6) is 0 Å². The predicted molar refractivity (Wildman–Crippen MR) is 80.6 cm³/mol. The summed E-state index contributed by atoms with van der Waals surface area (Å²) in [5.74, 6) is -0.354. The standard InChI is InChI=1S/C16H26N2O3/c1-2-21-15(19)14-9-6-10-18(12-14)16(20)17-11-13-7-4-3-5-8-13/h11,14H,2-10,12H2,1H3,(H,17,20). The topological polar surface area (TPSA) is 58.6 Å². The van der Waals surface area contributed by atoms with E-state index in [2.05, 4.69) is 5.32 Å². The summed E-state index contributed by atoms with van der Waals surface area (Å²) in [6.07, 6.45) is 9.44. The normalized spacial score (nSPS) is 22.6. The lowest BCUT2D eigenvalue weighted by Gasteiger charge is -2.31. The molecule has 1 heterocycles. The van der Waals surface area contributed by atoms with E-state index in [9.17, 15) is 9.59 Å². The number of rotatable bonds is 3. The summed E-state index contributed by atoms with van der Waals surface area (Å²) >= 11 is 0. The van der Waals surface area contributed by atoms with Crippen molar-refractivity contribution in [2.24, 2.45) is 5.92 Å². The number of likely N-dealkylation sites (tertiary alicyclic amines) is 1. The maximum atomic E-state index is 12.2. The molecule has 5 heteroatoms. The highest BCUT2D eigenvalue weighted by Gasteiger charge is 2.29. The number of amides is 2. The lowest BCUT2D eigenvalue weighted by Crippen LogP contribution is -2.46. The SMILES string of the molecule is CCOC(=O)C1CCCN(C(=O)NC=C2CCCCC2)C1. The molecule has 1 saturated heterocycles. The van der Waals surface area contributed by atoms with Gasteiger partial charge in [0.15, 0.2) is 0 Å². The first kappa shape index (κ1) is 15.9. The van der Waals surface area contributed by atoms with Crippen molar-refractivity contribution in [2.75, 3.05) is 19.7 Å². The van der Waals surface area contributed by atoms with Crippen molar-refractivity contribution in [3.05, 3.63) is 11.8 Å². The second kappa shape index (κ2) is 8.05. The summed E-state index contributed by atoms with van der Waals surface area (Å²) < 4.78 is 5.06. The summed E-state index contributed by atoms with van der Waals surface area (Å²) in [6.45, 7) is 3.38. The highest BCUT2D eigenvalue weighted by atomic mass is 16.5. The van der Waals surface area contributed by atoms with Crippen molar-refractivity contribution >= 4 is 12.0 Å². The van der Waals surface area contributed by atoms with Gasteiger partial charge in [0.2, 0.25) is 0 Å². The van der Waals surface area contributed by atoms with Gasteiger partial charge in [-0.25, -0.2) is 4.79 Å². The Labute approximate surface area is 126 Å².